The molecule has 0 spiro atoms. The Kier molecular flexibility index (Phi) is 5.69. The van der Waals surface area contributed by atoms with Crippen molar-refractivity contribution in [2.24, 2.45) is 0 Å². The molecule has 1 heterocycles. The minimum atomic E-state index is -0.812. The molecule has 1 unspecified atom stereocenters. The van der Waals surface area contributed by atoms with E-state index in [0.29, 0.717) is 22.7 Å². The number of carbonyl (C=O) groups is 2. The fourth-order valence-corrected chi connectivity index (χ4v) is 4.05. The number of hydrogen-bond donors (Lipinski definition) is 1. The van der Waals surface area contributed by atoms with Crippen molar-refractivity contribution in [2.45, 2.75) is 13.0 Å². The summed E-state index contributed by atoms with van der Waals surface area (Å²) in [5, 5.41) is 11.4. The predicted octanol–water partition coefficient (Wildman–Crippen LogP) is 4.64. The topological polar surface area (TPSA) is 76.1 Å². The summed E-state index contributed by atoms with van der Waals surface area (Å²) in [6.07, 6.45) is 0. The summed E-state index contributed by atoms with van der Waals surface area (Å²) in [6.45, 7) is 1.91. The van der Waals surface area contributed by atoms with E-state index in [4.69, 9.17) is 9.47 Å². The highest BCUT2D eigenvalue weighted by molar-refractivity contribution is 6.51. The smallest absolute Gasteiger partial charge is 0.300 e. The molecule has 32 heavy (non-hydrogen) atoms. The van der Waals surface area contributed by atoms with Gasteiger partial charge in [0.1, 0.15) is 22.8 Å². The van der Waals surface area contributed by atoms with Crippen molar-refractivity contribution in [3.05, 3.63) is 95.1 Å². The Hall–Kier alpha value is -4.06. The van der Waals surface area contributed by atoms with Crippen LogP contribution in [0.5, 0.6) is 11.5 Å². The monoisotopic (exact) mass is 429 g/mol. The Morgan fingerprint density at radius 3 is 2.09 bits per heavy atom. The molecule has 0 aromatic heterocycles. The van der Waals surface area contributed by atoms with Crippen LogP contribution >= 0.6 is 0 Å². The second-order valence-electron chi connectivity index (χ2n) is 7.46. The lowest BCUT2D eigenvalue weighted by atomic mass is 9.94. The van der Waals surface area contributed by atoms with E-state index in [0.717, 1.165) is 5.56 Å². The number of aryl methyl sites for hydroxylation is 1. The number of aliphatic hydroxyl groups is 1. The van der Waals surface area contributed by atoms with E-state index < -0.39 is 17.7 Å². The number of Topliss-reactive ketones (excluding diaryl/α,β-unsaturated/α-hetero) is 1. The van der Waals surface area contributed by atoms with Gasteiger partial charge in [0, 0.05) is 5.69 Å². The maximum absolute atomic E-state index is 13.3. The third-order valence-corrected chi connectivity index (χ3v) is 5.50. The van der Waals surface area contributed by atoms with E-state index in [-0.39, 0.29) is 16.9 Å². The van der Waals surface area contributed by atoms with E-state index in [1.807, 2.05) is 55.5 Å². The minimum absolute atomic E-state index is 0.0227. The maximum Gasteiger partial charge on any atom is 0.300 e. The molecule has 162 valence electrons. The predicted molar refractivity (Wildman–Crippen MR) is 122 cm³/mol. The molecule has 0 radical (unpaired) electrons. The molecule has 3 aromatic rings. The number of anilines is 1. The van der Waals surface area contributed by atoms with Crippen LogP contribution in [0.4, 0.5) is 5.69 Å². The van der Waals surface area contributed by atoms with Crippen molar-refractivity contribution in [3.8, 4) is 11.5 Å². The lowest BCUT2D eigenvalue weighted by Crippen LogP contribution is -2.29. The molecule has 1 N–H and O–H groups in total. The second-order valence-corrected chi connectivity index (χ2v) is 7.46. The van der Waals surface area contributed by atoms with Crippen molar-refractivity contribution in [1.82, 2.24) is 0 Å². The van der Waals surface area contributed by atoms with Gasteiger partial charge >= 0.3 is 0 Å². The van der Waals surface area contributed by atoms with E-state index >= 15 is 0 Å². The summed E-state index contributed by atoms with van der Waals surface area (Å²) in [4.78, 5) is 27.9. The van der Waals surface area contributed by atoms with Crippen LogP contribution < -0.4 is 14.4 Å². The number of ether oxygens (including phenoxy) is 2. The molecule has 1 atom stereocenters. The molecular weight excluding hydrogens is 406 g/mol. The fourth-order valence-electron chi connectivity index (χ4n) is 4.05. The van der Waals surface area contributed by atoms with Crippen LogP contribution in [0, 0.1) is 6.92 Å². The van der Waals surface area contributed by atoms with Crippen LogP contribution in [0.3, 0.4) is 0 Å². The van der Waals surface area contributed by atoms with Gasteiger partial charge in [0.2, 0.25) is 0 Å². The van der Waals surface area contributed by atoms with Gasteiger partial charge in [-0.2, -0.15) is 0 Å². The number of methoxy groups -OCH3 is 2. The van der Waals surface area contributed by atoms with Crippen LogP contribution in [0.15, 0.2) is 78.4 Å². The van der Waals surface area contributed by atoms with Crippen LogP contribution in [0.25, 0.3) is 5.76 Å². The van der Waals surface area contributed by atoms with Gasteiger partial charge in [-0.3, -0.25) is 14.5 Å². The Morgan fingerprint density at radius 2 is 1.50 bits per heavy atom. The summed E-state index contributed by atoms with van der Waals surface area (Å²) in [6, 6.07) is 20.7. The molecule has 6 nitrogen and oxygen atoms in total. The molecule has 6 heteroatoms. The molecule has 0 saturated carbocycles. The van der Waals surface area contributed by atoms with Crippen molar-refractivity contribution >= 4 is 23.1 Å². The molecule has 1 aliphatic rings. The zero-order valence-electron chi connectivity index (χ0n) is 18.0. The van der Waals surface area contributed by atoms with Crippen LogP contribution in [-0.2, 0) is 9.59 Å². The summed E-state index contributed by atoms with van der Waals surface area (Å²) < 4.78 is 10.8. The quantitative estimate of drug-likeness (QED) is 0.363. The van der Waals surface area contributed by atoms with Gasteiger partial charge in [-0.1, -0.05) is 48.5 Å². The molecule has 0 bridgehead atoms. The number of amides is 1. The normalized spacial score (nSPS) is 17.5. The molecule has 4 rings (SSSR count). The SMILES string of the molecule is COc1cccc(OC)c1/C(O)=C1\C(=O)C(=O)N(c2cccc(C)c2)C1c1ccccc1. The largest absolute Gasteiger partial charge is 0.506 e. The van der Waals surface area contributed by atoms with E-state index in [9.17, 15) is 14.7 Å². The Morgan fingerprint density at radius 1 is 0.875 bits per heavy atom. The van der Waals surface area contributed by atoms with Crippen molar-refractivity contribution in [1.29, 1.82) is 0 Å². The van der Waals surface area contributed by atoms with Gasteiger partial charge in [0.15, 0.2) is 0 Å². The summed E-state index contributed by atoms with van der Waals surface area (Å²) in [7, 11) is 2.93. The first-order valence-corrected chi connectivity index (χ1v) is 10.1. The number of nitrogens with zero attached hydrogens (tertiary/aromatic N) is 1. The first-order valence-electron chi connectivity index (χ1n) is 10.1. The highest BCUT2D eigenvalue weighted by Gasteiger charge is 2.47. The summed E-state index contributed by atoms with van der Waals surface area (Å²) >= 11 is 0. The van der Waals surface area contributed by atoms with Gasteiger partial charge in [0.25, 0.3) is 11.7 Å². The van der Waals surface area contributed by atoms with Gasteiger partial charge in [-0.25, -0.2) is 0 Å². The van der Waals surface area contributed by atoms with Crippen molar-refractivity contribution in [2.75, 3.05) is 19.1 Å². The lowest BCUT2D eigenvalue weighted by Gasteiger charge is -2.26. The van der Waals surface area contributed by atoms with Gasteiger partial charge in [0.05, 0.1) is 25.8 Å². The minimum Gasteiger partial charge on any atom is -0.506 e. The average Bonchev–Trinajstić information content (AvgIpc) is 3.09. The highest BCUT2D eigenvalue weighted by atomic mass is 16.5. The number of carbonyl (C=O) groups excluding carboxylic acids is 2. The maximum atomic E-state index is 13.3. The van der Waals surface area contributed by atoms with Gasteiger partial charge in [-0.15, -0.1) is 0 Å². The Labute approximate surface area is 186 Å². The number of hydrogen-bond acceptors (Lipinski definition) is 5. The second kappa shape index (κ2) is 8.59. The standard InChI is InChI=1S/C26H23NO5/c1-16-9-7-12-18(15-16)27-23(17-10-5-4-6-11-17)22(25(29)26(27)30)24(28)21-19(31-2)13-8-14-20(21)32-3/h4-15,23,28H,1-3H3/b24-22+. The fraction of sp³-hybridized carbons (Fsp3) is 0.154. The summed E-state index contributed by atoms with van der Waals surface area (Å²) in [5.41, 5.74) is 2.42. The zero-order chi connectivity index (χ0) is 22.8. The molecule has 1 saturated heterocycles. The molecule has 1 aliphatic heterocycles. The van der Waals surface area contributed by atoms with Crippen LogP contribution in [-0.4, -0.2) is 31.0 Å². The lowest BCUT2D eigenvalue weighted by molar-refractivity contribution is -0.132. The number of benzene rings is 3. The molecule has 3 aromatic carbocycles. The van der Waals surface area contributed by atoms with E-state index in [1.54, 1.807) is 24.3 Å². The number of rotatable bonds is 5. The third kappa shape index (κ3) is 3.50. The Bertz CT molecular complexity index is 1190. The molecule has 0 aliphatic carbocycles. The molecule has 1 amide bonds. The van der Waals surface area contributed by atoms with E-state index in [2.05, 4.69) is 0 Å². The van der Waals surface area contributed by atoms with Gasteiger partial charge in [-0.05, 0) is 42.3 Å². The van der Waals surface area contributed by atoms with Crippen molar-refractivity contribution in [3.63, 3.8) is 0 Å². The Balaban J connectivity index is 2.01. The third-order valence-electron chi connectivity index (χ3n) is 5.50. The first-order chi connectivity index (χ1) is 15.5. The van der Waals surface area contributed by atoms with Gasteiger partial charge < -0.3 is 14.6 Å². The zero-order valence-corrected chi connectivity index (χ0v) is 18.0. The molecular formula is C26H23NO5. The number of ketones is 1. The van der Waals surface area contributed by atoms with E-state index in [1.165, 1.54) is 19.1 Å². The average molecular weight is 429 g/mol. The first kappa shape index (κ1) is 21.2. The molecule has 1 fully saturated rings. The van der Waals surface area contributed by atoms with Crippen LogP contribution in [0.2, 0.25) is 0 Å². The van der Waals surface area contributed by atoms with Crippen molar-refractivity contribution < 1.29 is 24.2 Å². The highest BCUT2D eigenvalue weighted by Crippen LogP contribution is 2.45. The number of aliphatic hydroxyl groups excluding tert-OH is 1. The summed E-state index contributed by atoms with van der Waals surface area (Å²) in [5.74, 6) is -1.17. The van der Waals surface area contributed by atoms with Crippen LogP contribution in [0.1, 0.15) is 22.7 Å².